The fourth-order valence-electron chi connectivity index (χ4n) is 2.76. The Kier molecular flexibility index (Phi) is 4.69. The van der Waals surface area contributed by atoms with Crippen molar-refractivity contribution in [2.45, 2.75) is 31.7 Å². The minimum Gasteiger partial charge on any atom is -0.365 e. The van der Waals surface area contributed by atoms with E-state index in [1.807, 2.05) is 0 Å². The molecule has 0 spiro atoms. The summed E-state index contributed by atoms with van der Waals surface area (Å²) in [6, 6.07) is 1.12. The molecule has 21 heavy (non-hydrogen) atoms. The number of hydrogen-bond acceptors (Lipinski definition) is 6. The van der Waals surface area contributed by atoms with Gasteiger partial charge < -0.3 is 16.8 Å². The van der Waals surface area contributed by atoms with E-state index in [1.165, 1.54) is 12.8 Å². The Balaban J connectivity index is 2.25. The Bertz CT molecular complexity index is 543. The van der Waals surface area contributed by atoms with Crippen LogP contribution in [0.15, 0.2) is 12.3 Å². The highest BCUT2D eigenvalue weighted by Gasteiger charge is 2.26. The quantitative estimate of drug-likeness (QED) is 0.529. The minimum absolute atomic E-state index is 0.0143. The maximum absolute atomic E-state index is 11.5. The van der Waals surface area contributed by atoms with Crippen molar-refractivity contribution in [1.82, 2.24) is 4.98 Å². The zero-order valence-electron chi connectivity index (χ0n) is 11.6. The molecule has 1 atom stereocenters. The molecule has 0 saturated heterocycles. The summed E-state index contributed by atoms with van der Waals surface area (Å²) in [6.45, 7) is 0.404. The smallest absolute Gasteiger partial charge is 0.288 e. The van der Waals surface area contributed by atoms with Crippen molar-refractivity contribution in [1.29, 1.82) is 0 Å². The van der Waals surface area contributed by atoms with Crippen LogP contribution in [0, 0.1) is 16.0 Å². The number of hydrogen-bond donors (Lipinski definition) is 3. The van der Waals surface area contributed by atoms with E-state index < -0.39 is 10.8 Å². The Hall–Kier alpha value is -2.22. The lowest BCUT2D eigenvalue weighted by Gasteiger charge is -2.24. The predicted molar refractivity (Wildman–Crippen MR) is 77.8 cm³/mol. The number of aromatic nitrogens is 1. The van der Waals surface area contributed by atoms with Crippen molar-refractivity contribution in [2.24, 2.45) is 17.4 Å². The molecular formula is C13H19N5O3. The van der Waals surface area contributed by atoms with Crippen LogP contribution in [0.5, 0.6) is 0 Å². The second-order valence-corrected chi connectivity index (χ2v) is 5.24. The zero-order chi connectivity index (χ0) is 15.4. The third-order valence-corrected chi connectivity index (χ3v) is 3.89. The van der Waals surface area contributed by atoms with Crippen molar-refractivity contribution < 1.29 is 9.72 Å². The number of carbonyl (C=O) groups is 1. The van der Waals surface area contributed by atoms with E-state index in [0.717, 1.165) is 25.1 Å². The number of nitro groups is 1. The first-order chi connectivity index (χ1) is 10.0. The van der Waals surface area contributed by atoms with Gasteiger partial charge in [-0.25, -0.2) is 4.98 Å². The summed E-state index contributed by atoms with van der Waals surface area (Å²) in [5, 5.41) is 13.9. The molecule has 0 aromatic carbocycles. The molecule has 1 saturated carbocycles. The minimum atomic E-state index is -0.754. The molecule has 8 heteroatoms. The summed E-state index contributed by atoms with van der Waals surface area (Å²) < 4.78 is 0. The van der Waals surface area contributed by atoms with Crippen LogP contribution in [0.2, 0.25) is 0 Å². The van der Waals surface area contributed by atoms with Crippen molar-refractivity contribution in [3.8, 4) is 0 Å². The van der Waals surface area contributed by atoms with Gasteiger partial charge in [0.2, 0.25) is 0 Å². The number of rotatable bonds is 6. The molecule has 2 rings (SSSR count). The molecule has 114 valence electrons. The van der Waals surface area contributed by atoms with Gasteiger partial charge in [0, 0.05) is 18.7 Å². The molecule has 1 heterocycles. The van der Waals surface area contributed by atoms with Crippen LogP contribution in [-0.2, 0) is 0 Å². The fraction of sp³-hybridized carbons (Fsp3) is 0.538. The average Bonchev–Trinajstić information content (AvgIpc) is 2.98. The summed E-state index contributed by atoms with van der Waals surface area (Å²) >= 11 is 0. The molecule has 1 amide bonds. The number of nitrogens with zero attached hydrogens (tertiary/aromatic N) is 2. The van der Waals surface area contributed by atoms with Gasteiger partial charge in [0.15, 0.2) is 0 Å². The van der Waals surface area contributed by atoms with Crippen LogP contribution in [0.3, 0.4) is 0 Å². The van der Waals surface area contributed by atoms with Gasteiger partial charge in [-0.05, 0) is 18.8 Å². The number of amides is 1. The third kappa shape index (κ3) is 3.46. The Labute approximate surface area is 122 Å². The molecule has 1 fully saturated rings. The predicted octanol–water partition coefficient (Wildman–Crippen LogP) is 1.02. The molecule has 1 aromatic rings. The summed E-state index contributed by atoms with van der Waals surface area (Å²) in [7, 11) is 0. The van der Waals surface area contributed by atoms with Gasteiger partial charge in [-0.1, -0.05) is 12.8 Å². The van der Waals surface area contributed by atoms with Crippen LogP contribution in [0.1, 0.15) is 36.0 Å². The molecule has 1 aliphatic rings. The van der Waals surface area contributed by atoms with E-state index in [0.29, 0.717) is 12.5 Å². The second-order valence-electron chi connectivity index (χ2n) is 5.24. The van der Waals surface area contributed by atoms with Crippen LogP contribution < -0.4 is 16.8 Å². The van der Waals surface area contributed by atoms with E-state index in [-0.39, 0.29) is 23.1 Å². The number of anilines is 1. The van der Waals surface area contributed by atoms with Crippen LogP contribution in [0.25, 0.3) is 0 Å². The van der Waals surface area contributed by atoms with Gasteiger partial charge in [0.1, 0.15) is 12.0 Å². The lowest BCUT2D eigenvalue weighted by Crippen LogP contribution is -2.36. The molecule has 1 aromatic heterocycles. The van der Waals surface area contributed by atoms with Crippen molar-refractivity contribution in [3.63, 3.8) is 0 Å². The molecule has 5 N–H and O–H groups in total. The Morgan fingerprint density at radius 2 is 2.19 bits per heavy atom. The first kappa shape index (κ1) is 15.2. The van der Waals surface area contributed by atoms with E-state index in [2.05, 4.69) is 10.3 Å². The van der Waals surface area contributed by atoms with Crippen molar-refractivity contribution in [2.75, 3.05) is 11.9 Å². The molecule has 0 radical (unpaired) electrons. The van der Waals surface area contributed by atoms with Crippen molar-refractivity contribution in [3.05, 3.63) is 27.9 Å². The van der Waals surface area contributed by atoms with Gasteiger partial charge in [0.25, 0.3) is 11.6 Å². The number of carbonyl (C=O) groups excluding carboxylic acids is 1. The number of pyridine rings is 1. The maximum Gasteiger partial charge on any atom is 0.288 e. The highest BCUT2D eigenvalue weighted by Crippen LogP contribution is 2.29. The monoisotopic (exact) mass is 293 g/mol. The first-order valence-corrected chi connectivity index (χ1v) is 6.93. The lowest BCUT2D eigenvalue weighted by atomic mass is 9.98. The highest BCUT2D eigenvalue weighted by molar-refractivity contribution is 5.98. The third-order valence-electron chi connectivity index (χ3n) is 3.89. The second kappa shape index (κ2) is 6.49. The van der Waals surface area contributed by atoms with Gasteiger partial charge in [-0.2, -0.15) is 0 Å². The zero-order valence-corrected chi connectivity index (χ0v) is 11.6. The molecule has 0 aliphatic heterocycles. The summed E-state index contributed by atoms with van der Waals surface area (Å²) in [6.07, 6.45) is 5.59. The number of primary amides is 1. The normalized spacial score (nSPS) is 16.6. The molecular weight excluding hydrogens is 274 g/mol. The van der Waals surface area contributed by atoms with Gasteiger partial charge in [0.05, 0.1) is 10.5 Å². The van der Waals surface area contributed by atoms with Gasteiger partial charge >= 0.3 is 0 Å². The largest absolute Gasteiger partial charge is 0.365 e. The van der Waals surface area contributed by atoms with E-state index in [1.54, 1.807) is 0 Å². The summed E-state index contributed by atoms with van der Waals surface area (Å²) in [4.78, 5) is 25.6. The van der Waals surface area contributed by atoms with Crippen LogP contribution in [0.4, 0.5) is 11.5 Å². The highest BCUT2D eigenvalue weighted by atomic mass is 16.6. The molecule has 8 nitrogen and oxygen atoms in total. The van der Waals surface area contributed by atoms with E-state index in [4.69, 9.17) is 11.5 Å². The molecule has 0 bridgehead atoms. The Morgan fingerprint density at radius 1 is 1.52 bits per heavy atom. The summed E-state index contributed by atoms with van der Waals surface area (Å²) in [5.74, 6) is -0.0703. The Morgan fingerprint density at radius 3 is 2.71 bits per heavy atom. The van der Waals surface area contributed by atoms with Crippen LogP contribution >= 0.6 is 0 Å². The first-order valence-electron chi connectivity index (χ1n) is 6.93. The molecule has 1 aliphatic carbocycles. The maximum atomic E-state index is 11.5. The standard InChI is InChI=1S/C13H19N5O3/c14-6-11(8-3-1-2-4-8)17-13-10(12(15)19)5-9(7-16-13)18(20)21/h5,7-8,11H,1-4,6,14H2,(H2,15,19)(H,16,17). The number of nitrogens with one attached hydrogen (secondary N) is 1. The summed E-state index contributed by atoms with van der Waals surface area (Å²) in [5.41, 5.74) is 10.8. The molecule has 1 unspecified atom stereocenters. The lowest BCUT2D eigenvalue weighted by molar-refractivity contribution is -0.385. The van der Waals surface area contributed by atoms with E-state index in [9.17, 15) is 14.9 Å². The number of nitrogens with two attached hydrogens (primary N) is 2. The van der Waals surface area contributed by atoms with E-state index >= 15 is 0 Å². The average molecular weight is 293 g/mol. The topological polar surface area (TPSA) is 137 Å². The van der Waals surface area contributed by atoms with Crippen molar-refractivity contribution >= 4 is 17.4 Å². The fourth-order valence-corrected chi connectivity index (χ4v) is 2.76. The van der Waals surface area contributed by atoms with Gasteiger partial charge in [-0.15, -0.1) is 0 Å². The van der Waals surface area contributed by atoms with Crippen LogP contribution in [-0.4, -0.2) is 28.4 Å². The van der Waals surface area contributed by atoms with Gasteiger partial charge in [-0.3, -0.25) is 14.9 Å². The SMILES string of the molecule is NCC(Nc1ncc([N+](=O)[O-])cc1C(N)=O)C1CCCC1.